The molecule has 10 heteroatoms. The molecule has 4 heterocycles. The Hall–Kier alpha value is -3.95. The van der Waals surface area contributed by atoms with Crippen molar-refractivity contribution in [1.82, 2.24) is 29.9 Å². The second kappa shape index (κ2) is 8.89. The number of aromatic nitrogens is 6. The highest BCUT2D eigenvalue weighted by atomic mass is 19.1. The number of halogens is 1. The van der Waals surface area contributed by atoms with Crippen molar-refractivity contribution < 1.29 is 4.39 Å². The van der Waals surface area contributed by atoms with Gasteiger partial charge in [0.25, 0.3) is 0 Å². The zero-order valence-corrected chi connectivity index (χ0v) is 18.1. The van der Waals surface area contributed by atoms with Crippen molar-refractivity contribution in [1.29, 1.82) is 5.41 Å². The van der Waals surface area contributed by atoms with Crippen molar-refractivity contribution in [2.24, 2.45) is 16.8 Å². The summed E-state index contributed by atoms with van der Waals surface area (Å²) >= 11 is 0. The highest BCUT2D eigenvalue weighted by Crippen LogP contribution is 2.34. The van der Waals surface area contributed by atoms with Gasteiger partial charge in [-0.15, -0.1) is 0 Å². The topological polar surface area (TPSA) is 112 Å². The molecular weight excluding hydrogens is 421 g/mol. The predicted octanol–water partition coefficient (Wildman–Crippen LogP) is 3.43. The third-order valence-electron chi connectivity index (χ3n) is 6.11. The van der Waals surface area contributed by atoms with E-state index in [0.717, 1.165) is 30.9 Å². The Morgan fingerprint density at radius 1 is 1.36 bits per heavy atom. The minimum Gasteiger partial charge on any atom is -0.354 e. The smallest absolute Gasteiger partial charge is 0.132 e. The van der Waals surface area contributed by atoms with Gasteiger partial charge in [0.15, 0.2) is 0 Å². The van der Waals surface area contributed by atoms with E-state index >= 15 is 0 Å². The van der Waals surface area contributed by atoms with Crippen molar-refractivity contribution >= 4 is 30.4 Å². The molecule has 0 radical (unpaired) electrons. The maximum absolute atomic E-state index is 14.9. The molecule has 3 aromatic heterocycles. The summed E-state index contributed by atoms with van der Waals surface area (Å²) in [6.07, 6.45) is 14.1. The molecule has 0 spiro atoms. The van der Waals surface area contributed by atoms with Gasteiger partial charge in [0, 0.05) is 68.4 Å². The molecule has 1 aliphatic heterocycles. The van der Waals surface area contributed by atoms with Gasteiger partial charge in [-0.1, -0.05) is 12.2 Å². The van der Waals surface area contributed by atoms with Crippen LogP contribution in [0.2, 0.25) is 0 Å². The Morgan fingerprint density at radius 3 is 3.06 bits per heavy atom. The standard InChI is InChI=1S/C23H24FN9/c1-26-12-15(11-25)17-3-4-18-20(9-19(17)24)30-31-23(18)21-10-22(28-14-27-21)32-8-5-16(13-32)33-7-2-6-29-33/h2-4,6-7,9-12,14-17,25H,5,8,13H2,1H3,(H,30,31). The van der Waals surface area contributed by atoms with Crippen molar-refractivity contribution in [2.75, 3.05) is 25.0 Å². The Kier molecular flexibility index (Phi) is 5.64. The predicted molar refractivity (Wildman–Crippen MR) is 126 cm³/mol. The lowest BCUT2D eigenvalue weighted by Crippen LogP contribution is -2.22. The summed E-state index contributed by atoms with van der Waals surface area (Å²) in [6.45, 7) is 1.69. The van der Waals surface area contributed by atoms with Crippen molar-refractivity contribution in [3.63, 3.8) is 0 Å². The lowest BCUT2D eigenvalue weighted by molar-refractivity contribution is 0.494. The van der Waals surface area contributed by atoms with Gasteiger partial charge in [-0.2, -0.15) is 10.2 Å². The van der Waals surface area contributed by atoms with Gasteiger partial charge in [-0.25, -0.2) is 14.4 Å². The normalized spacial score (nSPS) is 21.2. The first-order valence-electron chi connectivity index (χ1n) is 10.8. The van der Waals surface area contributed by atoms with Crippen LogP contribution in [0.15, 0.2) is 47.7 Å². The van der Waals surface area contributed by atoms with E-state index in [1.165, 1.54) is 18.6 Å². The van der Waals surface area contributed by atoms with Gasteiger partial charge in [0.2, 0.25) is 0 Å². The first-order chi connectivity index (χ1) is 16.2. The van der Waals surface area contributed by atoms with Crippen LogP contribution in [0.4, 0.5) is 10.2 Å². The van der Waals surface area contributed by atoms with Crippen LogP contribution in [0.25, 0.3) is 23.5 Å². The zero-order chi connectivity index (χ0) is 22.8. The Balaban J connectivity index is 1.42. The average Bonchev–Trinajstić information content (AvgIpc) is 3.58. The number of hydrogen-bond acceptors (Lipinski definition) is 7. The molecule has 9 nitrogen and oxygen atoms in total. The number of hydrogen-bond donors (Lipinski definition) is 2. The van der Waals surface area contributed by atoms with E-state index < -0.39 is 11.8 Å². The van der Waals surface area contributed by atoms with Crippen LogP contribution < -0.4 is 4.90 Å². The monoisotopic (exact) mass is 445 g/mol. The van der Waals surface area contributed by atoms with Crippen LogP contribution in [0.1, 0.15) is 23.7 Å². The van der Waals surface area contributed by atoms with Gasteiger partial charge >= 0.3 is 0 Å². The van der Waals surface area contributed by atoms with Crippen molar-refractivity contribution in [2.45, 2.75) is 12.5 Å². The highest BCUT2D eigenvalue weighted by molar-refractivity contribution is 5.85. The molecule has 0 saturated carbocycles. The van der Waals surface area contributed by atoms with Gasteiger partial charge in [-0.3, -0.25) is 9.78 Å². The summed E-state index contributed by atoms with van der Waals surface area (Å²) in [6, 6.07) is 4.16. The van der Waals surface area contributed by atoms with E-state index in [0.29, 0.717) is 23.1 Å². The molecule has 5 rings (SSSR count). The van der Waals surface area contributed by atoms with Gasteiger partial charge in [0.1, 0.15) is 23.7 Å². The minimum atomic E-state index is -0.593. The van der Waals surface area contributed by atoms with Crippen LogP contribution in [0, 0.1) is 17.2 Å². The Morgan fingerprint density at radius 2 is 2.27 bits per heavy atom. The highest BCUT2D eigenvalue weighted by Gasteiger charge is 2.27. The number of aliphatic imine (C=N–C) groups is 1. The van der Waals surface area contributed by atoms with E-state index in [2.05, 4.69) is 35.2 Å². The minimum absolute atomic E-state index is 0.307. The van der Waals surface area contributed by atoms with E-state index in [1.54, 1.807) is 25.5 Å². The third-order valence-corrected chi connectivity index (χ3v) is 6.11. The van der Waals surface area contributed by atoms with Crippen LogP contribution in [-0.2, 0) is 0 Å². The summed E-state index contributed by atoms with van der Waals surface area (Å²) < 4.78 is 16.9. The van der Waals surface area contributed by atoms with Crippen LogP contribution >= 0.6 is 0 Å². The Labute approximate surface area is 190 Å². The third kappa shape index (κ3) is 3.99. The summed E-state index contributed by atoms with van der Waals surface area (Å²) in [7, 11) is 1.62. The molecule has 33 heavy (non-hydrogen) atoms. The number of rotatable bonds is 6. The second-order valence-corrected chi connectivity index (χ2v) is 8.10. The fourth-order valence-electron chi connectivity index (χ4n) is 4.40. The van der Waals surface area contributed by atoms with Gasteiger partial charge in [0.05, 0.1) is 17.4 Å². The SMILES string of the molecule is CN=CC(C=N)C1C=Cc2c(-c3cc(N4CCC(n5cccn5)C4)ncn3)n[nH]c2C=C1F. The molecule has 2 aliphatic rings. The number of H-pyrrole nitrogens is 1. The van der Waals surface area contributed by atoms with E-state index in [1.807, 2.05) is 29.1 Å². The second-order valence-electron chi connectivity index (χ2n) is 8.10. The molecular formula is C23H24FN9. The molecule has 1 fully saturated rings. The number of nitrogens with zero attached hydrogens (tertiary/aromatic N) is 7. The number of fused-ring (bicyclic) bond motifs is 1. The van der Waals surface area contributed by atoms with Gasteiger partial charge < -0.3 is 15.3 Å². The lowest BCUT2D eigenvalue weighted by atomic mass is 9.92. The molecule has 3 atom stereocenters. The lowest BCUT2D eigenvalue weighted by Gasteiger charge is -2.17. The van der Waals surface area contributed by atoms with Crippen LogP contribution in [0.5, 0.6) is 0 Å². The quantitative estimate of drug-likeness (QED) is 0.565. The van der Waals surface area contributed by atoms with Crippen molar-refractivity contribution in [3.8, 4) is 11.4 Å². The molecule has 0 bridgehead atoms. The van der Waals surface area contributed by atoms with E-state index in [9.17, 15) is 4.39 Å². The molecule has 0 aromatic carbocycles. The molecule has 0 amide bonds. The summed E-state index contributed by atoms with van der Waals surface area (Å²) in [4.78, 5) is 15.1. The van der Waals surface area contributed by atoms with E-state index in [-0.39, 0.29) is 5.83 Å². The van der Waals surface area contributed by atoms with E-state index in [4.69, 9.17) is 5.41 Å². The summed E-state index contributed by atoms with van der Waals surface area (Å²) in [5.74, 6) is -0.568. The number of aromatic amines is 1. The maximum atomic E-state index is 14.9. The molecule has 1 saturated heterocycles. The molecule has 3 unspecified atom stereocenters. The molecule has 1 aliphatic carbocycles. The maximum Gasteiger partial charge on any atom is 0.132 e. The Bertz CT molecular complexity index is 1220. The fraction of sp³-hybridized carbons (Fsp3) is 0.304. The number of allylic oxidation sites excluding steroid dienone is 2. The fourth-order valence-corrected chi connectivity index (χ4v) is 4.40. The van der Waals surface area contributed by atoms with Gasteiger partial charge in [-0.05, 0) is 18.6 Å². The van der Waals surface area contributed by atoms with Crippen LogP contribution in [-0.4, -0.2) is 62.5 Å². The van der Waals surface area contributed by atoms with Crippen LogP contribution in [0.3, 0.4) is 0 Å². The van der Waals surface area contributed by atoms with Crippen molar-refractivity contribution in [3.05, 3.63) is 54.0 Å². The molecule has 3 aromatic rings. The number of anilines is 1. The molecule has 2 N–H and O–H groups in total. The number of nitrogens with one attached hydrogen (secondary N) is 2. The average molecular weight is 446 g/mol. The largest absolute Gasteiger partial charge is 0.354 e. The first-order valence-corrected chi connectivity index (χ1v) is 10.8. The summed E-state index contributed by atoms with van der Waals surface area (Å²) in [5, 5.41) is 19.3. The first kappa shape index (κ1) is 20.9. The molecule has 168 valence electrons. The zero-order valence-electron chi connectivity index (χ0n) is 18.1. The summed E-state index contributed by atoms with van der Waals surface area (Å²) in [5.41, 5.74) is 2.62.